The minimum absolute atomic E-state index is 0.0138. The van der Waals surface area contributed by atoms with Crippen molar-refractivity contribution in [2.24, 2.45) is 0 Å². The lowest BCUT2D eigenvalue weighted by atomic mass is 9.83. The Morgan fingerprint density at radius 1 is 1.05 bits per heavy atom. The van der Waals surface area contributed by atoms with Crippen molar-refractivity contribution in [2.75, 3.05) is 38.1 Å². The highest BCUT2D eigenvalue weighted by molar-refractivity contribution is 6.07. The summed E-state index contributed by atoms with van der Waals surface area (Å²) in [5.74, 6) is -0.715. The van der Waals surface area contributed by atoms with Gasteiger partial charge in [0.25, 0.3) is 0 Å². The Labute approximate surface area is 246 Å². The highest BCUT2D eigenvalue weighted by Crippen LogP contribution is 2.44. The monoisotopic (exact) mass is 593 g/mol. The zero-order chi connectivity index (χ0) is 30.9. The highest BCUT2D eigenvalue weighted by atomic mass is 19.4. The van der Waals surface area contributed by atoms with Crippen LogP contribution in [-0.2, 0) is 20.6 Å². The number of nitriles is 1. The molecule has 12 heteroatoms. The lowest BCUT2D eigenvalue weighted by Gasteiger charge is -2.45. The van der Waals surface area contributed by atoms with E-state index in [0.29, 0.717) is 42.8 Å². The molecule has 1 unspecified atom stereocenters. The van der Waals surface area contributed by atoms with Gasteiger partial charge in [-0.15, -0.1) is 0 Å². The van der Waals surface area contributed by atoms with Crippen molar-refractivity contribution in [3.63, 3.8) is 0 Å². The number of carbonyl (C=O) groups excluding carboxylic acids is 4. The Balaban J connectivity index is 1.56. The topological polar surface area (TPSA) is 105 Å². The summed E-state index contributed by atoms with van der Waals surface area (Å²) in [5.41, 5.74) is 0.399. The molecule has 1 fully saturated rings. The molecule has 2 heterocycles. The molecular formula is C31H30F3N5O4. The number of amides is 4. The largest absolute Gasteiger partial charge is 0.416 e. The molecule has 2 aromatic carbocycles. The van der Waals surface area contributed by atoms with Gasteiger partial charge in [0, 0.05) is 50.8 Å². The minimum atomic E-state index is -4.66. The molecule has 1 saturated heterocycles. The lowest BCUT2D eigenvalue weighted by molar-refractivity contribution is -0.137. The molecule has 2 aliphatic heterocycles. The summed E-state index contributed by atoms with van der Waals surface area (Å²) in [6.45, 7) is 0.696. The number of likely N-dealkylation sites (N-methyl/N-ethyl adjacent to an activating group) is 1. The normalized spacial score (nSPS) is 19.1. The molecule has 43 heavy (non-hydrogen) atoms. The Morgan fingerprint density at radius 3 is 2.44 bits per heavy atom. The first-order valence-corrected chi connectivity index (χ1v) is 14.1. The number of carbonyl (C=O) groups is 4. The molecule has 9 nitrogen and oxygen atoms in total. The number of benzene rings is 2. The predicted molar refractivity (Wildman–Crippen MR) is 149 cm³/mol. The molecular weight excluding hydrogens is 563 g/mol. The molecule has 4 amide bonds. The first-order chi connectivity index (χ1) is 20.5. The van der Waals surface area contributed by atoms with E-state index in [0.717, 1.165) is 23.5 Å². The van der Waals surface area contributed by atoms with Crippen molar-refractivity contribution in [3.05, 3.63) is 76.5 Å². The molecule has 1 atom stereocenters. The van der Waals surface area contributed by atoms with Crippen LogP contribution in [0.5, 0.6) is 0 Å². The Morgan fingerprint density at radius 2 is 1.79 bits per heavy atom. The van der Waals surface area contributed by atoms with Crippen LogP contribution in [0.2, 0.25) is 0 Å². The number of urea groups is 1. The van der Waals surface area contributed by atoms with Crippen molar-refractivity contribution in [3.8, 4) is 6.07 Å². The van der Waals surface area contributed by atoms with Crippen LogP contribution in [0.4, 0.5) is 23.7 Å². The fourth-order valence-corrected chi connectivity index (χ4v) is 5.83. The van der Waals surface area contributed by atoms with Gasteiger partial charge < -0.3 is 14.7 Å². The summed E-state index contributed by atoms with van der Waals surface area (Å²) in [5, 5.41) is 9.29. The number of Topliss-reactive ketones (excluding diaryl/α,β-unsaturated/α-hetero) is 1. The van der Waals surface area contributed by atoms with Crippen molar-refractivity contribution < 1.29 is 32.3 Å². The van der Waals surface area contributed by atoms with Crippen molar-refractivity contribution in [2.45, 2.75) is 44.3 Å². The quantitative estimate of drug-likeness (QED) is 0.465. The van der Waals surface area contributed by atoms with E-state index in [9.17, 15) is 37.6 Å². The molecule has 5 rings (SSSR count). The first kappa shape index (κ1) is 29.8. The molecule has 0 bridgehead atoms. The van der Waals surface area contributed by atoms with E-state index < -0.39 is 36.3 Å². The third-order valence-electron chi connectivity index (χ3n) is 8.12. The number of hydrogen-bond acceptors (Lipinski definition) is 5. The van der Waals surface area contributed by atoms with Crippen LogP contribution in [0, 0.1) is 11.3 Å². The Hall–Kier alpha value is -4.66. The van der Waals surface area contributed by atoms with Gasteiger partial charge in [0.05, 0.1) is 28.9 Å². The summed E-state index contributed by atoms with van der Waals surface area (Å²) in [6.07, 6.45) is -2.57. The maximum Gasteiger partial charge on any atom is 0.416 e. The summed E-state index contributed by atoms with van der Waals surface area (Å²) in [6, 6.07) is 11.0. The van der Waals surface area contributed by atoms with Crippen LogP contribution < -0.4 is 4.90 Å². The maximum absolute atomic E-state index is 14.3. The third-order valence-corrected chi connectivity index (χ3v) is 8.12. The van der Waals surface area contributed by atoms with Crippen LogP contribution in [0.25, 0.3) is 0 Å². The number of ketones is 1. The number of nitrogens with zero attached hydrogens (tertiary/aromatic N) is 5. The second kappa shape index (κ2) is 11.9. The van der Waals surface area contributed by atoms with Crippen LogP contribution >= 0.6 is 0 Å². The van der Waals surface area contributed by atoms with Crippen molar-refractivity contribution in [1.82, 2.24) is 14.7 Å². The SMILES string of the molecule is CN(CCN1CCCC1=O)C(=O)CN1C(=O)N(c2cccc(C(F)(F)F)c2)C2=C(C(=O)CCC2)C1c1ccc(C#N)cc1. The van der Waals surface area contributed by atoms with Gasteiger partial charge in [-0.25, -0.2) is 4.79 Å². The van der Waals surface area contributed by atoms with E-state index in [-0.39, 0.29) is 42.3 Å². The average Bonchev–Trinajstić information content (AvgIpc) is 3.40. The molecule has 1 aliphatic carbocycles. The van der Waals surface area contributed by atoms with E-state index in [1.54, 1.807) is 36.2 Å². The van der Waals surface area contributed by atoms with Crippen LogP contribution in [0.3, 0.4) is 0 Å². The van der Waals surface area contributed by atoms with E-state index in [4.69, 9.17) is 0 Å². The lowest BCUT2D eigenvalue weighted by Crippen LogP contribution is -2.55. The van der Waals surface area contributed by atoms with Gasteiger partial charge in [0.1, 0.15) is 6.54 Å². The second-order valence-electron chi connectivity index (χ2n) is 10.9. The number of rotatable bonds is 7. The van der Waals surface area contributed by atoms with Gasteiger partial charge in [0.2, 0.25) is 11.8 Å². The number of anilines is 1. The Bertz CT molecular complexity index is 1530. The highest BCUT2D eigenvalue weighted by Gasteiger charge is 2.45. The number of halogens is 3. The second-order valence-corrected chi connectivity index (χ2v) is 10.9. The Kier molecular flexibility index (Phi) is 8.26. The smallest absolute Gasteiger partial charge is 0.342 e. The van der Waals surface area contributed by atoms with E-state index >= 15 is 0 Å². The fourth-order valence-electron chi connectivity index (χ4n) is 5.83. The minimum Gasteiger partial charge on any atom is -0.342 e. The summed E-state index contributed by atoms with van der Waals surface area (Å²) >= 11 is 0. The van der Waals surface area contributed by atoms with Crippen LogP contribution in [-0.4, -0.2) is 71.6 Å². The van der Waals surface area contributed by atoms with Gasteiger partial charge in [0.15, 0.2) is 5.78 Å². The van der Waals surface area contributed by atoms with Gasteiger partial charge >= 0.3 is 12.2 Å². The summed E-state index contributed by atoms with van der Waals surface area (Å²) in [4.78, 5) is 58.7. The summed E-state index contributed by atoms with van der Waals surface area (Å²) < 4.78 is 40.9. The van der Waals surface area contributed by atoms with Crippen molar-refractivity contribution in [1.29, 1.82) is 5.26 Å². The standard InChI is InChI=1S/C31H30F3N5O4/c1-36(15-16-37-14-4-9-26(37)41)27(42)19-38-29(21-12-10-20(18-35)11-13-21)28-24(7-3-8-25(28)40)39(30(38)43)23-6-2-5-22(17-23)31(32,33)34/h2,5-6,10-13,17,29H,3-4,7-9,14-16,19H2,1H3. The van der Waals surface area contributed by atoms with Gasteiger partial charge in [-0.1, -0.05) is 18.2 Å². The molecule has 0 saturated carbocycles. The van der Waals surface area contributed by atoms with Crippen molar-refractivity contribution >= 4 is 29.3 Å². The molecule has 0 spiro atoms. The summed E-state index contributed by atoms with van der Waals surface area (Å²) in [7, 11) is 1.55. The first-order valence-electron chi connectivity index (χ1n) is 14.1. The maximum atomic E-state index is 14.3. The molecule has 2 aromatic rings. The van der Waals surface area contributed by atoms with E-state index in [1.807, 2.05) is 6.07 Å². The molecule has 0 aromatic heterocycles. The number of alkyl halides is 3. The molecule has 0 radical (unpaired) electrons. The van der Waals surface area contributed by atoms with Crippen LogP contribution in [0.15, 0.2) is 59.8 Å². The van der Waals surface area contributed by atoms with E-state index in [1.165, 1.54) is 21.9 Å². The third kappa shape index (κ3) is 5.98. The van der Waals surface area contributed by atoms with Crippen LogP contribution in [0.1, 0.15) is 54.8 Å². The number of allylic oxidation sites excluding steroid dienone is 1. The van der Waals surface area contributed by atoms with Gasteiger partial charge in [-0.3, -0.25) is 19.3 Å². The number of likely N-dealkylation sites (tertiary alicyclic amines) is 1. The predicted octanol–water partition coefficient (Wildman–Crippen LogP) is 4.65. The fraction of sp³-hybridized carbons (Fsp3) is 0.387. The average molecular weight is 594 g/mol. The van der Waals surface area contributed by atoms with E-state index in [2.05, 4.69) is 0 Å². The number of hydrogen-bond donors (Lipinski definition) is 0. The zero-order valence-electron chi connectivity index (χ0n) is 23.6. The molecule has 3 aliphatic rings. The zero-order valence-corrected chi connectivity index (χ0v) is 23.6. The van der Waals surface area contributed by atoms with Gasteiger partial charge in [-0.05, 0) is 55.2 Å². The molecule has 224 valence electrons. The van der Waals surface area contributed by atoms with Gasteiger partial charge in [-0.2, -0.15) is 18.4 Å². The molecule has 0 N–H and O–H groups in total.